The van der Waals surface area contributed by atoms with E-state index < -0.39 is 0 Å². The van der Waals surface area contributed by atoms with E-state index in [9.17, 15) is 0 Å². The van der Waals surface area contributed by atoms with Gasteiger partial charge in [-0.2, -0.15) is 5.10 Å². The van der Waals surface area contributed by atoms with Gasteiger partial charge in [0.05, 0.1) is 13.1 Å². The standard InChI is InChI=1S/C22H34N6O.HI/c1-5-20-26-21-12-11-17(15-28(21)27-20)25-22(23-6-2)24-13-14-29-19-10-8-7-9-18(19)16(3)4;/h7-10,16-17H,5-6,11-15H2,1-4H3,(H2,23,24,25);1H. The molecule has 0 radical (unpaired) electrons. The molecule has 7 nitrogen and oxygen atoms in total. The van der Waals surface area contributed by atoms with Crippen LogP contribution in [-0.2, 0) is 19.4 Å². The van der Waals surface area contributed by atoms with Crippen molar-refractivity contribution in [1.29, 1.82) is 0 Å². The third-order valence-corrected chi connectivity index (χ3v) is 5.06. The number of fused-ring (bicyclic) bond motifs is 1. The molecule has 0 amide bonds. The van der Waals surface area contributed by atoms with Gasteiger partial charge in [-0.1, -0.05) is 39.0 Å². The van der Waals surface area contributed by atoms with Crippen LogP contribution in [0, 0.1) is 0 Å². The van der Waals surface area contributed by atoms with Crippen molar-refractivity contribution >= 4 is 29.9 Å². The Morgan fingerprint density at radius 1 is 1.30 bits per heavy atom. The highest BCUT2D eigenvalue weighted by Gasteiger charge is 2.22. The quantitative estimate of drug-likeness (QED) is 0.238. The molecule has 2 N–H and O–H groups in total. The van der Waals surface area contributed by atoms with E-state index in [0.29, 0.717) is 25.1 Å². The smallest absolute Gasteiger partial charge is 0.191 e. The number of benzene rings is 1. The zero-order valence-corrected chi connectivity index (χ0v) is 20.8. The van der Waals surface area contributed by atoms with Gasteiger partial charge in [0.15, 0.2) is 11.8 Å². The minimum atomic E-state index is 0. The highest BCUT2D eigenvalue weighted by atomic mass is 127. The predicted octanol–water partition coefficient (Wildman–Crippen LogP) is 3.53. The number of halogens is 1. The van der Waals surface area contributed by atoms with E-state index in [2.05, 4.69) is 60.5 Å². The molecule has 1 aromatic carbocycles. The second-order valence-electron chi connectivity index (χ2n) is 7.66. The van der Waals surface area contributed by atoms with Gasteiger partial charge in [0.1, 0.15) is 18.2 Å². The van der Waals surface area contributed by atoms with Crippen LogP contribution in [-0.4, -0.2) is 46.5 Å². The summed E-state index contributed by atoms with van der Waals surface area (Å²) >= 11 is 0. The fourth-order valence-corrected chi connectivity index (χ4v) is 3.54. The van der Waals surface area contributed by atoms with Crippen LogP contribution in [0.25, 0.3) is 0 Å². The normalized spacial score (nSPS) is 16.0. The molecule has 0 saturated carbocycles. The Morgan fingerprint density at radius 3 is 2.83 bits per heavy atom. The van der Waals surface area contributed by atoms with Crippen molar-refractivity contribution in [1.82, 2.24) is 25.4 Å². The monoisotopic (exact) mass is 526 g/mol. The molecule has 0 fully saturated rings. The van der Waals surface area contributed by atoms with Gasteiger partial charge in [-0.05, 0) is 30.9 Å². The molecule has 1 aliphatic heterocycles. The molecule has 0 aliphatic carbocycles. The second-order valence-corrected chi connectivity index (χ2v) is 7.66. The summed E-state index contributed by atoms with van der Waals surface area (Å²) in [6, 6.07) is 8.53. The molecule has 1 aromatic heterocycles. The number of nitrogens with one attached hydrogen (secondary N) is 2. The number of hydrogen-bond acceptors (Lipinski definition) is 4. The predicted molar refractivity (Wildman–Crippen MR) is 132 cm³/mol. The maximum absolute atomic E-state index is 5.99. The Kier molecular flexibility index (Phi) is 9.87. The second kappa shape index (κ2) is 12.1. The lowest BCUT2D eigenvalue weighted by Crippen LogP contribution is -2.47. The molecule has 2 aromatic rings. The molecular weight excluding hydrogens is 491 g/mol. The summed E-state index contributed by atoms with van der Waals surface area (Å²) in [4.78, 5) is 9.29. The van der Waals surface area contributed by atoms with E-state index in [0.717, 1.165) is 55.7 Å². The number of hydrogen-bond donors (Lipinski definition) is 2. The summed E-state index contributed by atoms with van der Waals surface area (Å²) in [6.45, 7) is 11.3. The lowest BCUT2D eigenvalue weighted by atomic mass is 10.0. The SMILES string of the molecule is CCNC(=NCCOc1ccccc1C(C)C)NC1CCc2nc(CC)nn2C1.I. The first-order chi connectivity index (χ1) is 14.1. The number of para-hydroxylation sites is 1. The third-order valence-electron chi connectivity index (χ3n) is 5.06. The van der Waals surface area contributed by atoms with E-state index in [-0.39, 0.29) is 24.0 Å². The maximum atomic E-state index is 5.99. The van der Waals surface area contributed by atoms with Gasteiger partial charge < -0.3 is 15.4 Å². The third kappa shape index (κ3) is 6.58. The van der Waals surface area contributed by atoms with Crippen molar-refractivity contribution < 1.29 is 4.74 Å². The average molecular weight is 526 g/mol. The molecule has 2 heterocycles. The minimum Gasteiger partial charge on any atom is -0.491 e. The summed E-state index contributed by atoms with van der Waals surface area (Å²) < 4.78 is 8.03. The Balaban J connectivity index is 0.00000320. The number of aromatic nitrogens is 3. The first-order valence-electron chi connectivity index (χ1n) is 10.8. The van der Waals surface area contributed by atoms with Crippen LogP contribution in [0.4, 0.5) is 0 Å². The highest BCUT2D eigenvalue weighted by Crippen LogP contribution is 2.25. The Bertz CT molecular complexity index is 820. The fraction of sp³-hybridized carbons (Fsp3) is 0.591. The topological polar surface area (TPSA) is 76.4 Å². The zero-order chi connectivity index (χ0) is 20.6. The average Bonchev–Trinajstić information content (AvgIpc) is 3.14. The van der Waals surface area contributed by atoms with Crippen molar-refractivity contribution in [3.63, 3.8) is 0 Å². The van der Waals surface area contributed by atoms with E-state index in [1.54, 1.807) is 0 Å². The van der Waals surface area contributed by atoms with Crippen LogP contribution in [0.5, 0.6) is 5.75 Å². The molecule has 0 bridgehead atoms. The maximum Gasteiger partial charge on any atom is 0.191 e. The largest absolute Gasteiger partial charge is 0.491 e. The molecular formula is C22H35IN6O. The summed E-state index contributed by atoms with van der Waals surface area (Å²) in [5, 5.41) is 11.5. The first kappa shape index (κ1) is 24.4. The van der Waals surface area contributed by atoms with Crippen molar-refractivity contribution in [3.8, 4) is 5.75 Å². The lowest BCUT2D eigenvalue weighted by Gasteiger charge is -2.25. The van der Waals surface area contributed by atoms with Gasteiger partial charge in [-0.25, -0.2) is 14.7 Å². The van der Waals surface area contributed by atoms with Gasteiger partial charge in [0, 0.05) is 25.4 Å². The van der Waals surface area contributed by atoms with Crippen molar-refractivity contribution in [3.05, 3.63) is 41.5 Å². The fourth-order valence-electron chi connectivity index (χ4n) is 3.54. The van der Waals surface area contributed by atoms with Gasteiger partial charge in [0.2, 0.25) is 0 Å². The van der Waals surface area contributed by atoms with Crippen LogP contribution in [0.15, 0.2) is 29.3 Å². The number of nitrogens with zero attached hydrogens (tertiary/aromatic N) is 4. The van der Waals surface area contributed by atoms with Gasteiger partial charge in [-0.3, -0.25) is 0 Å². The Hall–Kier alpha value is -1.84. The summed E-state index contributed by atoms with van der Waals surface area (Å²) in [7, 11) is 0. The van der Waals surface area contributed by atoms with Crippen LogP contribution in [0.2, 0.25) is 0 Å². The molecule has 30 heavy (non-hydrogen) atoms. The van der Waals surface area contributed by atoms with Crippen molar-refractivity contribution in [2.45, 2.75) is 65.5 Å². The number of ether oxygens (including phenoxy) is 1. The Morgan fingerprint density at radius 2 is 2.10 bits per heavy atom. The molecule has 1 aliphatic rings. The molecule has 0 spiro atoms. The van der Waals surface area contributed by atoms with Crippen LogP contribution < -0.4 is 15.4 Å². The zero-order valence-electron chi connectivity index (χ0n) is 18.5. The van der Waals surface area contributed by atoms with E-state index in [1.165, 1.54) is 5.56 Å². The van der Waals surface area contributed by atoms with Gasteiger partial charge >= 0.3 is 0 Å². The van der Waals surface area contributed by atoms with E-state index in [4.69, 9.17) is 9.73 Å². The summed E-state index contributed by atoms with van der Waals surface area (Å²) in [5.74, 6) is 4.25. The molecule has 8 heteroatoms. The van der Waals surface area contributed by atoms with Crippen LogP contribution in [0.3, 0.4) is 0 Å². The van der Waals surface area contributed by atoms with Gasteiger partial charge in [0.25, 0.3) is 0 Å². The molecule has 3 rings (SSSR count). The molecule has 0 saturated heterocycles. The molecule has 1 atom stereocenters. The summed E-state index contributed by atoms with van der Waals surface area (Å²) in [5.41, 5.74) is 1.24. The number of guanidine groups is 1. The molecule has 1 unspecified atom stereocenters. The van der Waals surface area contributed by atoms with Crippen LogP contribution in [0.1, 0.15) is 57.2 Å². The number of aryl methyl sites for hydroxylation is 2. The molecule has 166 valence electrons. The van der Waals surface area contributed by atoms with Crippen LogP contribution >= 0.6 is 24.0 Å². The van der Waals surface area contributed by atoms with Gasteiger partial charge in [-0.15, -0.1) is 24.0 Å². The van der Waals surface area contributed by atoms with Crippen molar-refractivity contribution in [2.75, 3.05) is 19.7 Å². The lowest BCUT2D eigenvalue weighted by molar-refractivity contribution is 0.323. The summed E-state index contributed by atoms with van der Waals surface area (Å²) in [6.07, 6.45) is 2.85. The highest BCUT2D eigenvalue weighted by molar-refractivity contribution is 14.0. The first-order valence-corrected chi connectivity index (χ1v) is 10.8. The number of aliphatic imine (C=N–C) groups is 1. The number of rotatable bonds is 8. The van der Waals surface area contributed by atoms with Crippen molar-refractivity contribution in [2.24, 2.45) is 4.99 Å². The van der Waals surface area contributed by atoms with E-state index in [1.807, 2.05) is 16.8 Å². The minimum absolute atomic E-state index is 0. The van der Waals surface area contributed by atoms with E-state index >= 15 is 0 Å². The Labute approximate surface area is 197 Å².